The van der Waals surface area contributed by atoms with Crippen LogP contribution in [0.3, 0.4) is 0 Å². The van der Waals surface area contributed by atoms with Crippen LogP contribution in [0.4, 0.5) is 4.79 Å². The highest BCUT2D eigenvalue weighted by atomic mass is 16.7. The third-order valence-corrected chi connectivity index (χ3v) is 3.90. The summed E-state index contributed by atoms with van der Waals surface area (Å²) in [6.45, 7) is 5.85. The molecule has 124 valence electrons. The van der Waals surface area contributed by atoms with Gasteiger partial charge in [-0.3, -0.25) is 0 Å². The number of rotatable bonds is 2. The van der Waals surface area contributed by atoms with Crippen molar-refractivity contribution in [1.29, 1.82) is 0 Å². The van der Waals surface area contributed by atoms with Crippen LogP contribution < -0.4 is 14.8 Å². The van der Waals surface area contributed by atoms with Crippen molar-refractivity contribution >= 4 is 6.09 Å². The molecule has 1 aromatic rings. The molecule has 0 unspecified atom stereocenters. The number of hydrogen-bond donors (Lipinski definition) is 1. The summed E-state index contributed by atoms with van der Waals surface area (Å²) in [6, 6.07) is 5.95. The summed E-state index contributed by atoms with van der Waals surface area (Å²) < 4.78 is 16.2. The number of fused-ring (bicyclic) bond motifs is 1. The fraction of sp³-hybridized carbons (Fsp3) is 0.500. The molecule has 5 heteroatoms. The average Bonchev–Trinajstić information content (AvgIpc) is 2.93. The van der Waals surface area contributed by atoms with E-state index in [9.17, 15) is 4.79 Å². The lowest BCUT2D eigenvalue weighted by Gasteiger charge is -2.30. The zero-order valence-corrected chi connectivity index (χ0v) is 13.8. The highest BCUT2D eigenvalue weighted by Crippen LogP contribution is 2.37. The van der Waals surface area contributed by atoms with Gasteiger partial charge in [0, 0.05) is 12.0 Å². The molecule has 0 fully saturated rings. The van der Waals surface area contributed by atoms with Gasteiger partial charge in [0.15, 0.2) is 11.5 Å². The predicted molar refractivity (Wildman–Crippen MR) is 86.8 cm³/mol. The number of allylic oxidation sites excluding steroid dienone is 1. The Balaban J connectivity index is 1.75. The second-order valence-electron chi connectivity index (χ2n) is 6.90. The van der Waals surface area contributed by atoms with Gasteiger partial charge >= 0.3 is 6.09 Å². The number of alkyl carbamates (subject to hydrolysis) is 1. The van der Waals surface area contributed by atoms with E-state index < -0.39 is 5.60 Å². The first kappa shape index (κ1) is 15.7. The first-order chi connectivity index (χ1) is 10.9. The molecule has 1 aliphatic heterocycles. The number of ether oxygens (including phenoxy) is 3. The van der Waals surface area contributed by atoms with E-state index in [-0.39, 0.29) is 24.8 Å². The van der Waals surface area contributed by atoms with E-state index in [0.29, 0.717) is 0 Å². The van der Waals surface area contributed by atoms with Gasteiger partial charge in [-0.1, -0.05) is 18.2 Å². The van der Waals surface area contributed by atoms with Crippen molar-refractivity contribution < 1.29 is 19.0 Å². The SMILES string of the molecule is CC(C)(C)OC(=O)N[C@H]1CCC=C[C@@H]1c1ccc2c(c1)OCO2. The maximum atomic E-state index is 12.1. The van der Waals surface area contributed by atoms with Crippen molar-refractivity contribution in [1.82, 2.24) is 5.32 Å². The van der Waals surface area contributed by atoms with Gasteiger partial charge in [-0.15, -0.1) is 0 Å². The Morgan fingerprint density at radius 1 is 1.26 bits per heavy atom. The summed E-state index contributed by atoms with van der Waals surface area (Å²) in [5, 5.41) is 3.01. The highest BCUT2D eigenvalue weighted by Gasteiger charge is 2.28. The Morgan fingerprint density at radius 3 is 2.83 bits per heavy atom. The molecule has 0 saturated heterocycles. The maximum absolute atomic E-state index is 12.1. The molecule has 2 atom stereocenters. The third kappa shape index (κ3) is 3.78. The second kappa shape index (κ2) is 6.14. The Kier molecular flexibility index (Phi) is 4.20. The van der Waals surface area contributed by atoms with Crippen LogP contribution in [-0.4, -0.2) is 24.5 Å². The van der Waals surface area contributed by atoms with Crippen LogP contribution in [0.15, 0.2) is 30.4 Å². The van der Waals surface area contributed by atoms with E-state index in [1.54, 1.807) is 0 Å². The summed E-state index contributed by atoms with van der Waals surface area (Å²) in [7, 11) is 0. The Morgan fingerprint density at radius 2 is 2.04 bits per heavy atom. The normalized spacial score (nSPS) is 22.7. The van der Waals surface area contributed by atoms with Gasteiger partial charge in [0.25, 0.3) is 0 Å². The van der Waals surface area contributed by atoms with Crippen LogP contribution in [0, 0.1) is 0 Å². The van der Waals surface area contributed by atoms with Gasteiger partial charge in [-0.05, 0) is 51.3 Å². The number of carbonyl (C=O) groups excluding carboxylic acids is 1. The summed E-state index contributed by atoms with van der Waals surface area (Å²) in [5.74, 6) is 1.63. The molecule has 0 radical (unpaired) electrons. The van der Waals surface area contributed by atoms with Crippen molar-refractivity contribution in [3.8, 4) is 11.5 Å². The molecule has 1 aromatic carbocycles. The topological polar surface area (TPSA) is 56.8 Å². The molecule has 23 heavy (non-hydrogen) atoms. The minimum Gasteiger partial charge on any atom is -0.454 e. The molecule has 1 N–H and O–H groups in total. The van der Waals surface area contributed by atoms with Gasteiger partial charge in [-0.25, -0.2) is 4.79 Å². The van der Waals surface area contributed by atoms with Crippen LogP contribution >= 0.6 is 0 Å². The van der Waals surface area contributed by atoms with Crippen LogP contribution in [-0.2, 0) is 4.74 Å². The molecule has 1 aliphatic carbocycles. The second-order valence-corrected chi connectivity index (χ2v) is 6.90. The monoisotopic (exact) mass is 317 g/mol. The van der Waals surface area contributed by atoms with Gasteiger partial charge in [0.05, 0.1) is 0 Å². The largest absolute Gasteiger partial charge is 0.454 e. The van der Waals surface area contributed by atoms with E-state index in [4.69, 9.17) is 14.2 Å². The van der Waals surface area contributed by atoms with Crippen LogP contribution in [0.1, 0.15) is 45.1 Å². The van der Waals surface area contributed by atoms with Crippen molar-refractivity contribution in [2.24, 2.45) is 0 Å². The van der Waals surface area contributed by atoms with Gasteiger partial charge in [0.2, 0.25) is 6.79 Å². The zero-order valence-electron chi connectivity index (χ0n) is 13.8. The minimum atomic E-state index is -0.497. The standard InChI is InChI=1S/C18H23NO4/c1-18(2,3)23-17(20)19-14-7-5-4-6-13(14)12-8-9-15-16(10-12)22-11-21-15/h4,6,8-10,13-14H,5,7,11H2,1-3H3,(H,19,20)/t13-,14+/m1/s1. The lowest BCUT2D eigenvalue weighted by atomic mass is 9.84. The number of benzene rings is 1. The van der Waals surface area contributed by atoms with E-state index in [0.717, 1.165) is 29.9 Å². The lowest BCUT2D eigenvalue weighted by molar-refractivity contribution is 0.0496. The number of carbonyl (C=O) groups is 1. The van der Waals surface area contributed by atoms with Gasteiger partial charge in [-0.2, -0.15) is 0 Å². The van der Waals surface area contributed by atoms with Gasteiger partial charge in [0.1, 0.15) is 5.60 Å². The summed E-state index contributed by atoms with van der Waals surface area (Å²) >= 11 is 0. The van der Waals surface area contributed by atoms with E-state index >= 15 is 0 Å². The summed E-state index contributed by atoms with van der Waals surface area (Å²) in [6.07, 6.45) is 5.76. The molecule has 0 spiro atoms. The van der Waals surface area contributed by atoms with Crippen LogP contribution in [0.5, 0.6) is 11.5 Å². The van der Waals surface area contributed by atoms with Crippen molar-refractivity contribution in [3.05, 3.63) is 35.9 Å². The highest BCUT2D eigenvalue weighted by molar-refractivity contribution is 5.68. The molecule has 0 aromatic heterocycles. The zero-order chi connectivity index (χ0) is 16.4. The minimum absolute atomic E-state index is 0.00946. The molecule has 0 saturated carbocycles. The average molecular weight is 317 g/mol. The number of nitrogens with one attached hydrogen (secondary N) is 1. The number of hydrogen-bond acceptors (Lipinski definition) is 4. The summed E-state index contributed by atoms with van der Waals surface area (Å²) in [5.41, 5.74) is 0.606. The first-order valence-corrected chi connectivity index (χ1v) is 7.98. The molecule has 0 bridgehead atoms. The van der Waals surface area contributed by atoms with Crippen LogP contribution in [0.25, 0.3) is 0 Å². The molecule has 1 amide bonds. The quantitative estimate of drug-likeness (QED) is 0.844. The molecular formula is C18H23NO4. The smallest absolute Gasteiger partial charge is 0.407 e. The van der Waals surface area contributed by atoms with Gasteiger partial charge < -0.3 is 19.5 Å². The molecular weight excluding hydrogens is 294 g/mol. The molecule has 5 nitrogen and oxygen atoms in total. The fourth-order valence-electron chi connectivity index (χ4n) is 2.92. The molecule has 1 heterocycles. The van der Waals surface area contributed by atoms with E-state index in [1.165, 1.54) is 0 Å². The molecule has 3 rings (SSSR count). The molecule has 2 aliphatic rings. The summed E-state index contributed by atoms with van der Waals surface area (Å²) in [4.78, 5) is 12.1. The third-order valence-electron chi connectivity index (χ3n) is 3.90. The Bertz CT molecular complexity index is 618. The Hall–Kier alpha value is -2.17. The maximum Gasteiger partial charge on any atom is 0.407 e. The number of amides is 1. The van der Waals surface area contributed by atoms with E-state index in [2.05, 4.69) is 17.5 Å². The first-order valence-electron chi connectivity index (χ1n) is 7.98. The van der Waals surface area contributed by atoms with Crippen molar-refractivity contribution in [2.45, 2.75) is 51.2 Å². The lowest BCUT2D eigenvalue weighted by Crippen LogP contribution is -2.42. The van der Waals surface area contributed by atoms with Crippen LogP contribution in [0.2, 0.25) is 0 Å². The Labute approximate surface area is 136 Å². The van der Waals surface area contributed by atoms with Crippen molar-refractivity contribution in [2.75, 3.05) is 6.79 Å². The van der Waals surface area contributed by atoms with E-state index in [1.807, 2.05) is 39.0 Å². The predicted octanol–water partition coefficient (Wildman–Crippen LogP) is 3.74. The fourth-order valence-corrected chi connectivity index (χ4v) is 2.92. The van der Waals surface area contributed by atoms with Crippen molar-refractivity contribution in [3.63, 3.8) is 0 Å².